The summed E-state index contributed by atoms with van der Waals surface area (Å²) < 4.78 is 56.2. The van der Waals surface area contributed by atoms with Gasteiger partial charge in [0.25, 0.3) is 23.8 Å². The molecule has 0 amide bonds. The Balaban J connectivity index is 1.86. The number of halogens is 4. The fourth-order valence-corrected chi connectivity index (χ4v) is 3.81. The molecule has 0 radical (unpaired) electrons. The Morgan fingerprint density at radius 2 is 0.618 bits per heavy atom. The molecule has 3 heterocycles. The molecule has 0 unspecified atom stereocenters. The molecule has 0 bridgehead atoms. The summed E-state index contributed by atoms with van der Waals surface area (Å²) in [6.07, 6.45) is 0. The predicted molar refractivity (Wildman–Crippen MR) is 116 cm³/mol. The molecule has 0 saturated carbocycles. The van der Waals surface area contributed by atoms with E-state index in [0.29, 0.717) is 22.5 Å². The Labute approximate surface area is 188 Å². The van der Waals surface area contributed by atoms with Crippen molar-refractivity contribution in [3.63, 3.8) is 0 Å². The number of hydrogen-bond donors (Lipinski definition) is 0. The van der Waals surface area contributed by atoms with Crippen LogP contribution in [0, 0.1) is 23.8 Å². The van der Waals surface area contributed by atoms with Gasteiger partial charge in [0.05, 0.1) is 11.4 Å². The van der Waals surface area contributed by atoms with Gasteiger partial charge >= 0.3 is 0 Å². The zero-order valence-electron chi connectivity index (χ0n) is 17.0. The lowest BCUT2D eigenvalue weighted by atomic mass is 10.0. The molecule has 10 heteroatoms. The summed E-state index contributed by atoms with van der Waals surface area (Å²) in [4.78, 5) is 23.8. The Bertz CT molecular complexity index is 1610. The minimum atomic E-state index is -1.52. The first-order chi connectivity index (χ1) is 16.5. The maximum absolute atomic E-state index is 14.1. The first-order valence-corrected chi connectivity index (χ1v) is 10.0. The monoisotopic (exact) mass is 458 g/mol. The van der Waals surface area contributed by atoms with Crippen molar-refractivity contribution >= 4 is 33.1 Å². The van der Waals surface area contributed by atoms with Crippen LogP contribution in [0.15, 0.2) is 60.7 Å². The van der Waals surface area contributed by atoms with Gasteiger partial charge in [0.2, 0.25) is 0 Å². The number of fused-ring (bicyclic) bond motifs is 6. The molecule has 6 aromatic rings. The minimum absolute atomic E-state index is 0.00672. The molecule has 0 N–H and O–H groups in total. The highest BCUT2D eigenvalue weighted by atomic mass is 19.2. The summed E-state index contributed by atoms with van der Waals surface area (Å²) in [5, 5.41) is 0. The van der Waals surface area contributed by atoms with Gasteiger partial charge in [-0.15, -0.1) is 0 Å². The molecule has 3 aromatic heterocycles. The summed E-state index contributed by atoms with van der Waals surface area (Å²) >= 11 is 0. The Morgan fingerprint density at radius 1 is 0.353 bits per heavy atom. The molecule has 164 valence electrons. The van der Waals surface area contributed by atoms with E-state index in [1.807, 2.05) is 60.7 Å². The lowest BCUT2D eigenvalue weighted by Gasteiger charge is -2.13. The van der Waals surface area contributed by atoms with Crippen LogP contribution in [-0.4, -0.2) is 29.9 Å². The molecule has 0 atom stereocenters. The van der Waals surface area contributed by atoms with Gasteiger partial charge in [-0.3, -0.25) is 0 Å². The third-order valence-corrected chi connectivity index (χ3v) is 5.29. The molecular weight excluding hydrogens is 448 g/mol. The maximum Gasteiger partial charge on any atom is 0.269 e. The van der Waals surface area contributed by atoms with Crippen molar-refractivity contribution in [2.75, 3.05) is 0 Å². The second-order valence-electron chi connectivity index (χ2n) is 7.35. The third-order valence-electron chi connectivity index (χ3n) is 5.29. The first-order valence-electron chi connectivity index (χ1n) is 10.0. The molecule has 0 spiro atoms. The maximum atomic E-state index is 14.1. The van der Waals surface area contributed by atoms with Gasteiger partial charge in [0.15, 0.2) is 0 Å². The number of benzene rings is 3. The quantitative estimate of drug-likeness (QED) is 0.255. The Kier molecular flexibility index (Phi) is 4.41. The van der Waals surface area contributed by atoms with Crippen LogP contribution in [0.5, 0.6) is 0 Å². The third kappa shape index (κ3) is 3.03. The average Bonchev–Trinajstić information content (AvgIpc) is 2.87. The number of nitrogens with zero attached hydrogens (tertiary/aromatic N) is 6. The molecule has 0 aliphatic carbocycles. The van der Waals surface area contributed by atoms with Crippen LogP contribution in [-0.2, 0) is 0 Å². The van der Waals surface area contributed by atoms with Gasteiger partial charge < -0.3 is 0 Å². The van der Waals surface area contributed by atoms with E-state index in [9.17, 15) is 17.6 Å². The Morgan fingerprint density at radius 3 is 0.912 bits per heavy atom. The highest BCUT2D eigenvalue weighted by Gasteiger charge is 2.23. The molecule has 3 aromatic carbocycles. The highest BCUT2D eigenvalue weighted by Crippen LogP contribution is 2.36. The van der Waals surface area contributed by atoms with E-state index in [1.54, 1.807) is 0 Å². The van der Waals surface area contributed by atoms with E-state index in [2.05, 4.69) is 29.9 Å². The van der Waals surface area contributed by atoms with Gasteiger partial charge in [0, 0.05) is 11.1 Å². The van der Waals surface area contributed by atoms with E-state index in [1.165, 1.54) is 0 Å². The fraction of sp³-hybridized carbons (Fsp3) is 0. The summed E-state index contributed by atoms with van der Waals surface area (Å²) in [7, 11) is 0. The number of aromatic nitrogens is 6. The van der Waals surface area contributed by atoms with E-state index >= 15 is 0 Å². The van der Waals surface area contributed by atoms with Crippen molar-refractivity contribution in [1.82, 2.24) is 29.9 Å². The SMILES string of the molecule is Fc1nc2c3nc(F)c(F)nc3c3nc(-c4ccccc4)c(-c4ccccc4)nc3c2nc1F. The number of hydrogen-bond acceptors (Lipinski definition) is 6. The van der Waals surface area contributed by atoms with Crippen LogP contribution < -0.4 is 0 Å². The summed E-state index contributed by atoms with van der Waals surface area (Å²) in [6, 6.07) is 18.2. The first kappa shape index (κ1) is 20.0. The Hall–Kier alpha value is -4.60. The van der Waals surface area contributed by atoms with Gasteiger partial charge in [-0.1, -0.05) is 60.7 Å². The van der Waals surface area contributed by atoms with Gasteiger partial charge in [0.1, 0.15) is 33.1 Å². The summed E-state index contributed by atoms with van der Waals surface area (Å²) in [6.45, 7) is 0. The van der Waals surface area contributed by atoms with Crippen molar-refractivity contribution in [2.45, 2.75) is 0 Å². The van der Waals surface area contributed by atoms with Gasteiger partial charge in [-0.25, -0.2) is 29.9 Å². The molecular formula is C24H10F4N6. The molecule has 0 aliphatic heterocycles. The summed E-state index contributed by atoms with van der Waals surface area (Å²) in [5.74, 6) is -5.98. The standard InChI is InChI=1S/C24H10F4N6/c25-21-23(27)33-19-17(31-21)15-16(18-20(19)34-24(28)22(26)32-18)30-14(12-9-5-2-6-10-12)13(29-15)11-7-3-1-4-8-11/h1-10H. The van der Waals surface area contributed by atoms with E-state index in [4.69, 9.17) is 0 Å². The van der Waals surface area contributed by atoms with Crippen LogP contribution >= 0.6 is 0 Å². The average molecular weight is 458 g/mol. The number of rotatable bonds is 2. The molecule has 6 nitrogen and oxygen atoms in total. The van der Waals surface area contributed by atoms with Crippen LogP contribution in [0.3, 0.4) is 0 Å². The normalized spacial score (nSPS) is 11.5. The van der Waals surface area contributed by atoms with Crippen molar-refractivity contribution in [1.29, 1.82) is 0 Å². The second-order valence-corrected chi connectivity index (χ2v) is 7.35. The molecule has 0 aliphatic rings. The largest absolute Gasteiger partial charge is 0.269 e. The van der Waals surface area contributed by atoms with E-state index in [0.717, 1.165) is 0 Å². The van der Waals surface area contributed by atoms with Crippen LogP contribution in [0.2, 0.25) is 0 Å². The van der Waals surface area contributed by atoms with E-state index in [-0.39, 0.29) is 33.1 Å². The smallest absolute Gasteiger partial charge is 0.241 e. The van der Waals surface area contributed by atoms with Gasteiger partial charge in [-0.05, 0) is 0 Å². The van der Waals surface area contributed by atoms with Crippen molar-refractivity contribution in [2.24, 2.45) is 0 Å². The van der Waals surface area contributed by atoms with Crippen molar-refractivity contribution in [3.05, 3.63) is 84.5 Å². The minimum Gasteiger partial charge on any atom is -0.241 e. The molecule has 6 rings (SSSR count). The predicted octanol–water partition coefficient (Wildman–Crippen LogP) is 5.41. The molecule has 34 heavy (non-hydrogen) atoms. The van der Waals surface area contributed by atoms with Crippen LogP contribution in [0.4, 0.5) is 17.6 Å². The summed E-state index contributed by atoms with van der Waals surface area (Å²) in [5.41, 5.74) is 1.18. The second kappa shape index (κ2) is 7.48. The molecule has 0 fully saturated rings. The van der Waals surface area contributed by atoms with Gasteiger partial charge in [-0.2, -0.15) is 17.6 Å². The van der Waals surface area contributed by atoms with E-state index < -0.39 is 23.8 Å². The lowest BCUT2D eigenvalue weighted by molar-refractivity contribution is 0.457. The van der Waals surface area contributed by atoms with Crippen molar-refractivity contribution < 1.29 is 17.6 Å². The zero-order chi connectivity index (χ0) is 23.4. The van der Waals surface area contributed by atoms with Crippen LogP contribution in [0.25, 0.3) is 55.6 Å². The topological polar surface area (TPSA) is 77.3 Å². The fourth-order valence-electron chi connectivity index (χ4n) is 3.81. The zero-order valence-corrected chi connectivity index (χ0v) is 17.0. The lowest BCUT2D eigenvalue weighted by Crippen LogP contribution is -2.05. The van der Waals surface area contributed by atoms with Crippen LogP contribution in [0.1, 0.15) is 0 Å². The highest BCUT2D eigenvalue weighted by molar-refractivity contribution is 6.18. The molecule has 0 saturated heterocycles. The van der Waals surface area contributed by atoms with Crippen molar-refractivity contribution in [3.8, 4) is 22.5 Å².